The summed E-state index contributed by atoms with van der Waals surface area (Å²) in [5.41, 5.74) is 0.749. The van der Waals surface area contributed by atoms with Gasteiger partial charge in [0.05, 0.1) is 24.4 Å². The second kappa shape index (κ2) is 5.49. The Balaban J connectivity index is 1.83. The minimum Gasteiger partial charge on any atom is -0.373 e. The van der Waals surface area contributed by atoms with Gasteiger partial charge in [-0.15, -0.1) is 0 Å². The van der Waals surface area contributed by atoms with Gasteiger partial charge in [0, 0.05) is 19.2 Å². The fourth-order valence-corrected chi connectivity index (χ4v) is 2.22. The van der Waals surface area contributed by atoms with Gasteiger partial charge in [-0.25, -0.2) is 0 Å². The van der Waals surface area contributed by atoms with Crippen LogP contribution in [0.2, 0.25) is 0 Å². The topological polar surface area (TPSA) is 67.6 Å². The molecule has 18 heavy (non-hydrogen) atoms. The molecule has 0 aromatic carbocycles. The molecule has 1 aromatic rings. The summed E-state index contributed by atoms with van der Waals surface area (Å²) in [5.74, 6) is 0.305. The molecular weight excluding hydrogens is 234 g/mol. The highest BCUT2D eigenvalue weighted by Crippen LogP contribution is 2.11. The molecule has 0 saturated carbocycles. The van der Waals surface area contributed by atoms with E-state index in [1.165, 1.54) is 0 Å². The van der Waals surface area contributed by atoms with Crippen LogP contribution in [0.25, 0.3) is 0 Å². The number of amides is 1. The summed E-state index contributed by atoms with van der Waals surface area (Å²) in [6, 6.07) is 1.70. The van der Waals surface area contributed by atoms with Gasteiger partial charge in [-0.3, -0.25) is 15.0 Å². The van der Waals surface area contributed by atoms with Crippen LogP contribution < -0.4 is 5.32 Å². The van der Waals surface area contributed by atoms with Crippen LogP contribution in [-0.2, 0) is 9.53 Å². The molecule has 1 fully saturated rings. The van der Waals surface area contributed by atoms with Crippen molar-refractivity contribution in [1.82, 2.24) is 10.1 Å². The highest BCUT2D eigenvalue weighted by molar-refractivity contribution is 5.90. The van der Waals surface area contributed by atoms with E-state index in [0.29, 0.717) is 12.4 Å². The lowest BCUT2D eigenvalue weighted by Crippen LogP contribution is -2.48. The van der Waals surface area contributed by atoms with Crippen molar-refractivity contribution in [2.24, 2.45) is 0 Å². The van der Waals surface area contributed by atoms with Crippen molar-refractivity contribution in [2.75, 3.05) is 25.0 Å². The molecule has 1 aliphatic rings. The van der Waals surface area contributed by atoms with Crippen LogP contribution in [0.3, 0.4) is 0 Å². The quantitative estimate of drug-likeness (QED) is 0.871. The lowest BCUT2D eigenvalue weighted by atomic mass is 10.2. The average Bonchev–Trinajstić information content (AvgIpc) is 2.61. The van der Waals surface area contributed by atoms with Crippen molar-refractivity contribution >= 4 is 11.8 Å². The summed E-state index contributed by atoms with van der Waals surface area (Å²) in [6.07, 6.45) is 0.322. The molecule has 1 saturated heterocycles. The third kappa shape index (κ3) is 3.54. The van der Waals surface area contributed by atoms with Crippen LogP contribution >= 0.6 is 0 Å². The number of aromatic nitrogens is 1. The van der Waals surface area contributed by atoms with Crippen LogP contribution in [0.4, 0.5) is 5.88 Å². The maximum atomic E-state index is 11.8. The van der Waals surface area contributed by atoms with E-state index in [1.807, 2.05) is 20.8 Å². The van der Waals surface area contributed by atoms with Crippen LogP contribution in [0.1, 0.15) is 19.5 Å². The van der Waals surface area contributed by atoms with Gasteiger partial charge in [-0.2, -0.15) is 0 Å². The maximum Gasteiger partial charge on any atom is 0.240 e. The van der Waals surface area contributed by atoms with E-state index in [1.54, 1.807) is 6.07 Å². The molecule has 0 bridgehead atoms. The summed E-state index contributed by atoms with van der Waals surface area (Å²) < 4.78 is 10.6. The Morgan fingerprint density at radius 2 is 2.17 bits per heavy atom. The largest absolute Gasteiger partial charge is 0.373 e. The number of carbonyl (C=O) groups excluding carboxylic acids is 1. The molecule has 6 heteroatoms. The number of anilines is 1. The highest BCUT2D eigenvalue weighted by atomic mass is 16.5. The molecule has 0 aliphatic carbocycles. The smallest absolute Gasteiger partial charge is 0.240 e. The summed E-state index contributed by atoms with van der Waals surface area (Å²) in [4.78, 5) is 13.9. The minimum absolute atomic E-state index is 0.0903. The number of aryl methyl sites for hydroxylation is 1. The van der Waals surface area contributed by atoms with Gasteiger partial charge in [-0.05, 0) is 20.8 Å². The molecule has 1 N–H and O–H groups in total. The first-order chi connectivity index (χ1) is 8.52. The Morgan fingerprint density at radius 1 is 1.50 bits per heavy atom. The molecule has 1 aromatic heterocycles. The van der Waals surface area contributed by atoms with Crippen LogP contribution in [0, 0.1) is 6.92 Å². The van der Waals surface area contributed by atoms with Gasteiger partial charge < -0.3 is 9.26 Å². The Kier molecular flexibility index (Phi) is 3.98. The normalized spacial score (nSPS) is 25.1. The summed E-state index contributed by atoms with van der Waals surface area (Å²) in [7, 11) is 0. The van der Waals surface area contributed by atoms with Crippen molar-refractivity contribution in [1.29, 1.82) is 0 Å². The average molecular weight is 253 g/mol. The minimum atomic E-state index is -0.0903. The number of hydrogen-bond acceptors (Lipinski definition) is 5. The van der Waals surface area contributed by atoms with Gasteiger partial charge in [0.15, 0.2) is 0 Å². The number of carbonyl (C=O) groups is 1. The fourth-order valence-electron chi connectivity index (χ4n) is 2.22. The van der Waals surface area contributed by atoms with Crippen LogP contribution in [0.5, 0.6) is 0 Å². The molecule has 0 spiro atoms. The molecule has 2 rings (SSSR count). The Morgan fingerprint density at radius 3 is 2.72 bits per heavy atom. The monoisotopic (exact) mass is 253 g/mol. The third-order valence-corrected chi connectivity index (χ3v) is 2.75. The van der Waals surface area contributed by atoms with Crippen molar-refractivity contribution in [3.63, 3.8) is 0 Å². The molecule has 0 radical (unpaired) electrons. The molecule has 1 amide bonds. The molecule has 1 aliphatic heterocycles. The predicted octanol–water partition coefficient (Wildman–Crippen LogP) is 1.03. The molecule has 2 atom stereocenters. The lowest BCUT2D eigenvalue weighted by molar-refractivity contribution is -0.121. The highest BCUT2D eigenvalue weighted by Gasteiger charge is 2.23. The van der Waals surface area contributed by atoms with Crippen LogP contribution in [0.15, 0.2) is 10.6 Å². The number of nitrogens with one attached hydrogen (secondary N) is 1. The zero-order valence-electron chi connectivity index (χ0n) is 11.0. The van der Waals surface area contributed by atoms with Gasteiger partial charge in [-0.1, -0.05) is 5.16 Å². The second-order valence-corrected chi connectivity index (χ2v) is 4.83. The number of hydrogen-bond donors (Lipinski definition) is 1. The standard InChI is InChI=1S/C12H19N3O3/c1-8-4-12(18-14-8)13-11(16)7-15-5-9(2)17-10(3)6-15/h4,9-10H,5-7H2,1-3H3,(H,13,16)/t9-,10-/m1/s1. The van der Waals surface area contributed by atoms with E-state index in [2.05, 4.69) is 15.4 Å². The van der Waals surface area contributed by atoms with Crippen LogP contribution in [-0.4, -0.2) is 47.8 Å². The SMILES string of the molecule is Cc1cc(NC(=O)CN2C[C@@H](C)O[C@H](C)C2)on1. The van der Waals surface area contributed by atoms with E-state index < -0.39 is 0 Å². The Labute approximate surface area is 106 Å². The predicted molar refractivity (Wildman–Crippen MR) is 66.3 cm³/mol. The van der Waals surface area contributed by atoms with Gasteiger partial charge >= 0.3 is 0 Å². The zero-order valence-corrected chi connectivity index (χ0v) is 11.0. The van der Waals surface area contributed by atoms with Crippen molar-refractivity contribution in [2.45, 2.75) is 33.0 Å². The Hall–Kier alpha value is -1.40. The maximum absolute atomic E-state index is 11.8. The van der Waals surface area contributed by atoms with Gasteiger partial charge in [0.2, 0.25) is 11.8 Å². The first-order valence-corrected chi connectivity index (χ1v) is 6.14. The molecule has 0 unspecified atom stereocenters. The van der Waals surface area contributed by atoms with E-state index in [9.17, 15) is 4.79 Å². The second-order valence-electron chi connectivity index (χ2n) is 4.83. The Bertz CT molecular complexity index is 408. The first-order valence-electron chi connectivity index (χ1n) is 6.14. The number of ether oxygens (including phenoxy) is 1. The summed E-state index contributed by atoms with van der Waals surface area (Å²) >= 11 is 0. The molecule has 6 nitrogen and oxygen atoms in total. The fraction of sp³-hybridized carbons (Fsp3) is 0.667. The van der Waals surface area contributed by atoms with E-state index in [4.69, 9.17) is 9.26 Å². The van der Waals surface area contributed by atoms with Crippen molar-refractivity contribution in [3.8, 4) is 0 Å². The number of morpholine rings is 1. The van der Waals surface area contributed by atoms with Gasteiger partial charge in [0.25, 0.3) is 0 Å². The van der Waals surface area contributed by atoms with Crippen molar-refractivity contribution in [3.05, 3.63) is 11.8 Å². The lowest BCUT2D eigenvalue weighted by Gasteiger charge is -2.34. The summed E-state index contributed by atoms with van der Waals surface area (Å²) in [6.45, 7) is 7.73. The summed E-state index contributed by atoms with van der Waals surface area (Å²) in [5, 5.41) is 6.41. The van der Waals surface area contributed by atoms with E-state index in [0.717, 1.165) is 18.8 Å². The van der Waals surface area contributed by atoms with Gasteiger partial charge in [0.1, 0.15) is 0 Å². The molecular formula is C12H19N3O3. The number of rotatable bonds is 3. The number of nitrogens with zero attached hydrogens (tertiary/aromatic N) is 2. The van der Waals surface area contributed by atoms with E-state index in [-0.39, 0.29) is 18.1 Å². The third-order valence-electron chi connectivity index (χ3n) is 2.75. The first kappa shape index (κ1) is 13.0. The zero-order chi connectivity index (χ0) is 13.1. The molecule has 2 heterocycles. The molecule has 100 valence electrons. The van der Waals surface area contributed by atoms with Crippen molar-refractivity contribution < 1.29 is 14.1 Å². The van der Waals surface area contributed by atoms with E-state index >= 15 is 0 Å².